The van der Waals surface area contributed by atoms with Crippen LogP contribution >= 0.6 is 0 Å². The van der Waals surface area contributed by atoms with Crippen LogP contribution in [0.15, 0.2) is 71.5 Å². The van der Waals surface area contributed by atoms with E-state index in [1.165, 1.54) is 0 Å². The van der Waals surface area contributed by atoms with Crippen molar-refractivity contribution in [3.8, 4) is 17.2 Å². The van der Waals surface area contributed by atoms with E-state index in [0.717, 1.165) is 5.56 Å². The Morgan fingerprint density at radius 2 is 1.91 bits per heavy atom. The summed E-state index contributed by atoms with van der Waals surface area (Å²) in [6.45, 7) is 0.555. The quantitative estimate of drug-likeness (QED) is 0.450. The summed E-state index contributed by atoms with van der Waals surface area (Å²) in [6, 6.07) is 20.0. The number of para-hydroxylation sites is 1. The summed E-state index contributed by atoms with van der Waals surface area (Å²) in [4.78, 5) is 31.8. The van der Waals surface area contributed by atoms with Crippen molar-refractivity contribution < 1.29 is 19.0 Å². The van der Waals surface area contributed by atoms with E-state index >= 15 is 0 Å². The number of aromatic nitrogens is 2. The van der Waals surface area contributed by atoms with Gasteiger partial charge in [0, 0.05) is 24.6 Å². The number of nitrogens with one attached hydrogen (secondary N) is 2. The van der Waals surface area contributed by atoms with Crippen molar-refractivity contribution in [2.24, 2.45) is 0 Å². The standard InChI is InChI=1S/C25H21N3O5/c29-24(11-10-23-27-20-7-2-1-6-19(20)25(30)28-23)26-17-5-3-4-16(12-17)14-31-18-8-9-21-22(13-18)33-15-32-21/h1-9,12-13H,10-11,14-15H2,(H,26,29)(H,27,28,30). The van der Waals surface area contributed by atoms with Gasteiger partial charge in [0.1, 0.15) is 18.2 Å². The minimum atomic E-state index is -0.203. The van der Waals surface area contributed by atoms with Crippen molar-refractivity contribution in [1.29, 1.82) is 0 Å². The number of H-pyrrole nitrogens is 1. The van der Waals surface area contributed by atoms with Crippen LogP contribution in [0.5, 0.6) is 17.2 Å². The summed E-state index contributed by atoms with van der Waals surface area (Å²) in [5.74, 6) is 2.36. The van der Waals surface area contributed by atoms with Gasteiger partial charge < -0.3 is 24.5 Å². The first-order valence-corrected chi connectivity index (χ1v) is 10.5. The Morgan fingerprint density at radius 1 is 1.03 bits per heavy atom. The summed E-state index contributed by atoms with van der Waals surface area (Å²) in [5.41, 5.74) is 2.00. The molecule has 2 N–H and O–H groups in total. The lowest BCUT2D eigenvalue weighted by Crippen LogP contribution is -2.16. The Morgan fingerprint density at radius 3 is 2.85 bits per heavy atom. The molecule has 0 saturated carbocycles. The Labute approximate surface area is 189 Å². The predicted octanol–water partition coefficient (Wildman–Crippen LogP) is 3.80. The molecule has 0 bridgehead atoms. The molecule has 5 rings (SSSR count). The summed E-state index contributed by atoms with van der Waals surface area (Å²) < 4.78 is 16.5. The zero-order valence-electron chi connectivity index (χ0n) is 17.7. The number of nitrogens with zero attached hydrogens (tertiary/aromatic N) is 1. The van der Waals surface area contributed by atoms with Crippen molar-refractivity contribution >= 4 is 22.5 Å². The fraction of sp³-hybridized carbons (Fsp3) is 0.160. The molecular formula is C25H21N3O5. The van der Waals surface area contributed by atoms with Gasteiger partial charge in [-0.15, -0.1) is 0 Å². The second kappa shape index (κ2) is 9.04. The number of hydrogen-bond donors (Lipinski definition) is 2. The second-order valence-electron chi connectivity index (χ2n) is 7.58. The molecule has 2 heterocycles. The summed E-state index contributed by atoms with van der Waals surface area (Å²) in [6.07, 6.45) is 0.526. The van der Waals surface area contributed by atoms with Crippen LogP contribution in [0, 0.1) is 0 Å². The molecule has 33 heavy (non-hydrogen) atoms. The zero-order valence-corrected chi connectivity index (χ0v) is 17.7. The van der Waals surface area contributed by atoms with Crippen LogP contribution in [0.1, 0.15) is 17.8 Å². The summed E-state index contributed by atoms with van der Waals surface area (Å²) >= 11 is 0. The second-order valence-corrected chi connectivity index (χ2v) is 7.58. The van der Waals surface area contributed by atoms with Gasteiger partial charge in [-0.2, -0.15) is 0 Å². The highest BCUT2D eigenvalue weighted by molar-refractivity contribution is 5.90. The number of ether oxygens (including phenoxy) is 3. The van der Waals surface area contributed by atoms with Crippen molar-refractivity contribution in [1.82, 2.24) is 9.97 Å². The largest absolute Gasteiger partial charge is 0.489 e. The van der Waals surface area contributed by atoms with Gasteiger partial charge in [-0.25, -0.2) is 4.98 Å². The SMILES string of the molecule is O=C(CCc1nc2ccccc2c(=O)[nH]1)Nc1cccc(COc2ccc3c(c2)OCO3)c1. The van der Waals surface area contributed by atoms with Crippen molar-refractivity contribution in [2.75, 3.05) is 12.1 Å². The molecule has 0 fully saturated rings. The number of carbonyl (C=O) groups is 1. The van der Waals surface area contributed by atoms with Crippen LogP contribution in [0.3, 0.4) is 0 Å². The topological polar surface area (TPSA) is 103 Å². The van der Waals surface area contributed by atoms with Gasteiger partial charge in [0.25, 0.3) is 5.56 Å². The first-order valence-electron chi connectivity index (χ1n) is 10.5. The van der Waals surface area contributed by atoms with E-state index < -0.39 is 0 Å². The van der Waals surface area contributed by atoms with E-state index in [-0.39, 0.29) is 24.7 Å². The number of aromatic amines is 1. The van der Waals surface area contributed by atoms with E-state index in [2.05, 4.69) is 15.3 Å². The number of rotatable bonds is 7. The Bertz CT molecular complexity index is 1380. The highest BCUT2D eigenvalue weighted by Gasteiger charge is 2.14. The molecule has 8 nitrogen and oxygen atoms in total. The van der Waals surface area contributed by atoms with E-state index in [0.29, 0.717) is 52.7 Å². The predicted molar refractivity (Wildman–Crippen MR) is 123 cm³/mol. The van der Waals surface area contributed by atoms with Gasteiger partial charge in [0.05, 0.1) is 10.9 Å². The van der Waals surface area contributed by atoms with E-state index in [1.807, 2.05) is 42.5 Å². The van der Waals surface area contributed by atoms with Gasteiger partial charge in [-0.05, 0) is 42.0 Å². The molecule has 0 atom stereocenters. The normalized spacial score (nSPS) is 12.0. The van der Waals surface area contributed by atoms with Crippen LogP contribution in [-0.4, -0.2) is 22.7 Å². The van der Waals surface area contributed by atoms with Crippen LogP contribution < -0.4 is 25.1 Å². The van der Waals surface area contributed by atoms with E-state index in [9.17, 15) is 9.59 Å². The van der Waals surface area contributed by atoms with Gasteiger partial charge in [0.2, 0.25) is 12.7 Å². The fourth-order valence-electron chi connectivity index (χ4n) is 3.58. The molecule has 8 heteroatoms. The highest BCUT2D eigenvalue weighted by Crippen LogP contribution is 2.35. The van der Waals surface area contributed by atoms with Gasteiger partial charge in [-0.1, -0.05) is 24.3 Å². The Kier molecular flexibility index (Phi) is 5.63. The van der Waals surface area contributed by atoms with E-state index in [1.54, 1.807) is 24.3 Å². The van der Waals surface area contributed by atoms with Crippen LogP contribution in [-0.2, 0) is 17.8 Å². The molecule has 0 aliphatic carbocycles. The third-order valence-electron chi connectivity index (χ3n) is 5.21. The minimum Gasteiger partial charge on any atom is -0.489 e. The van der Waals surface area contributed by atoms with Crippen LogP contribution in [0.25, 0.3) is 10.9 Å². The average Bonchev–Trinajstić information content (AvgIpc) is 3.30. The van der Waals surface area contributed by atoms with Gasteiger partial charge in [-0.3, -0.25) is 9.59 Å². The first kappa shape index (κ1) is 20.6. The molecular weight excluding hydrogens is 422 g/mol. The maximum atomic E-state index is 12.4. The lowest BCUT2D eigenvalue weighted by Gasteiger charge is -2.10. The van der Waals surface area contributed by atoms with Crippen molar-refractivity contribution in [2.45, 2.75) is 19.4 Å². The Hall–Kier alpha value is -4.33. The number of anilines is 1. The molecule has 0 spiro atoms. The molecule has 0 unspecified atom stereocenters. The van der Waals surface area contributed by atoms with Gasteiger partial charge in [0.15, 0.2) is 11.5 Å². The number of fused-ring (bicyclic) bond motifs is 2. The smallest absolute Gasteiger partial charge is 0.258 e. The number of aryl methyl sites for hydroxylation is 1. The monoisotopic (exact) mass is 443 g/mol. The molecule has 1 amide bonds. The fourth-order valence-corrected chi connectivity index (χ4v) is 3.58. The zero-order chi connectivity index (χ0) is 22.6. The molecule has 166 valence electrons. The van der Waals surface area contributed by atoms with Crippen LogP contribution in [0.2, 0.25) is 0 Å². The Balaban J connectivity index is 1.17. The minimum absolute atomic E-state index is 0.167. The average molecular weight is 443 g/mol. The lowest BCUT2D eigenvalue weighted by molar-refractivity contribution is -0.116. The number of carbonyl (C=O) groups excluding carboxylic acids is 1. The molecule has 0 radical (unpaired) electrons. The van der Waals surface area contributed by atoms with Crippen molar-refractivity contribution in [3.63, 3.8) is 0 Å². The number of benzene rings is 3. The third kappa shape index (κ3) is 4.79. The molecule has 0 saturated heterocycles. The maximum Gasteiger partial charge on any atom is 0.258 e. The number of amides is 1. The molecule has 1 aromatic heterocycles. The van der Waals surface area contributed by atoms with Crippen molar-refractivity contribution in [3.05, 3.63) is 88.5 Å². The third-order valence-corrected chi connectivity index (χ3v) is 5.21. The first-order chi connectivity index (χ1) is 16.1. The summed E-state index contributed by atoms with van der Waals surface area (Å²) in [5, 5.41) is 3.42. The van der Waals surface area contributed by atoms with Crippen LogP contribution in [0.4, 0.5) is 5.69 Å². The number of hydrogen-bond acceptors (Lipinski definition) is 6. The molecule has 1 aliphatic heterocycles. The van der Waals surface area contributed by atoms with Gasteiger partial charge >= 0.3 is 0 Å². The molecule has 4 aromatic rings. The van der Waals surface area contributed by atoms with E-state index in [4.69, 9.17) is 14.2 Å². The molecule has 1 aliphatic rings. The lowest BCUT2D eigenvalue weighted by atomic mass is 10.2. The maximum absolute atomic E-state index is 12.4. The molecule has 3 aromatic carbocycles. The summed E-state index contributed by atoms with van der Waals surface area (Å²) in [7, 11) is 0. The highest BCUT2D eigenvalue weighted by atomic mass is 16.7.